The van der Waals surface area contributed by atoms with E-state index >= 15 is 0 Å². The van der Waals surface area contributed by atoms with Crippen molar-refractivity contribution >= 4 is 17.5 Å². The number of rotatable bonds is 0. The molecule has 0 aromatic carbocycles. The summed E-state index contributed by atoms with van der Waals surface area (Å²) >= 11 is 5.60. The molecule has 1 aromatic heterocycles. The number of pyridine rings is 1. The molecule has 1 amide bonds. The van der Waals surface area contributed by atoms with Gasteiger partial charge in [-0.2, -0.15) is 0 Å². The predicted octanol–water partition coefficient (Wildman–Crippen LogP) is 0.978. The van der Waals surface area contributed by atoms with E-state index in [4.69, 9.17) is 11.6 Å². The molecular formula is C7H5ClN2O. The molecule has 2 rings (SSSR count). The van der Waals surface area contributed by atoms with Crippen molar-refractivity contribution in [3.63, 3.8) is 0 Å². The zero-order valence-electron chi connectivity index (χ0n) is 5.60. The second-order valence-corrected chi connectivity index (χ2v) is 2.73. The van der Waals surface area contributed by atoms with Gasteiger partial charge < -0.3 is 5.32 Å². The van der Waals surface area contributed by atoms with Gasteiger partial charge in [-0.15, -0.1) is 0 Å². The van der Waals surface area contributed by atoms with Crippen molar-refractivity contribution in [1.29, 1.82) is 0 Å². The number of carbonyl (C=O) groups is 1. The Bertz CT molecular complexity index is 324. The van der Waals surface area contributed by atoms with Crippen LogP contribution in [0.5, 0.6) is 0 Å². The summed E-state index contributed by atoms with van der Waals surface area (Å²) in [6.07, 6.45) is 1.62. The summed E-state index contributed by atoms with van der Waals surface area (Å²) in [6.45, 7) is 0.568. The molecule has 1 aromatic rings. The molecule has 0 fully saturated rings. The Balaban J connectivity index is 2.60. The monoisotopic (exact) mass is 168 g/mol. The van der Waals surface area contributed by atoms with Gasteiger partial charge in [0, 0.05) is 23.9 Å². The van der Waals surface area contributed by atoms with Crippen LogP contribution in [0.15, 0.2) is 12.3 Å². The van der Waals surface area contributed by atoms with Crippen LogP contribution in [0, 0.1) is 0 Å². The Morgan fingerprint density at radius 2 is 2.45 bits per heavy atom. The number of halogens is 1. The fourth-order valence-corrected chi connectivity index (χ4v) is 1.24. The van der Waals surface area contributed by atoms with Crippen LogP contribution in [-0.2, 0) is 6.54 Å². The molecule has 1 aliphatic heterocycles. The Labute approximate surface area is 68.4 Å². The van der Waals surface area contributed by atoms with Gasteiger partial charge >= 0.3 is 0 Å². The molecule has 1 N–H and O–H groups in total. The fraction of sp³-hybridized carbons (Fsp3) is 0.143. The van der Waals surface area contributed by atoms with E-state index in [-0.39, 0.29) is 5.91 Å². The van der Waals surface area contributed by atoms with Gasteiger partial charge in [0.15, 0.2) is 0 Å². The minimum Gasteiger partial charge on any atom is -0.348 e. The molecule has 3 nitrogen and oxygen atoms in total. The molecule has 1 aliphatic rings. The Hall–Kier alpha value is -1.09. The van der Waals surface area contributed by atoms with Crippen molar-refractivity contribution in [2.24, 2.45) is 0 Å². The Morgan fingerprint density at radius 3 is 3.27 bits per heavy atom. The SMILES string of the molecule is O=C1NCc2cnc(Cl)cc21. The highest BCUT2D eigenvalue weighted by Gasteiger charge is 2.18. The van der Waals surface area contributed by atoms with E-state index in [1.807, 2.05) is 0 Å². The van der Waals surface area contributed by atoms with Crippen LogP contribution in [0.3, 0.4) is 0 Å². The van der Waals surface area contributed by atoms with Gasteiger partial charge in [0.2, 0.25) is 0 Å². The number of hydrogen-bond donors (Lipinski definition) is 1. The normalized spacial score (nSPS) is 14.5. The molecule has 4 heteroatoms. The van der Waals surface area contributed by atoms with Crippen molar-refractivity contribution in [2.75, 3.05) is 0 Å². The molecule has 0 unspecified atom stereocenters. The van der Waals surface area contributed by atoms with Gasteiger partial charge in [-0.25, -0.2) is 4.98 Å². The van der Waals surface area contributed by atoms with Crippen molar-refractivity contribution in [1.82, 2.24) is 10.3 Å². The van der Waals surface area contributed by atoms with Crippen molar-refractivity contribution < 1.29 is 4.79 Å². The van der Waals surface area contributed by atoms with Crippen molar-refractivity contribution in [3.05, 3.63) is 28.5 Å². The van der Waals surface area contributed by atoms with Gasteiger partial charge in [-0.05, 0) is 6.07 Å². The van der Waals surface area contributed by atoms with Crippen LogP contribution in [-0.4, -0.2) is 10.9 Å². The van der Waals surface area contributed by atoms with Gasteiger partial charge in [-0.3, -0.25) is 4.79 Å². The highest BCUT2D eigenvalue weighted by molar-refractivity contribution is 6.29. The van der Waals surface area contributed by atoms with E-state index < -0.39 is 0 Å². The number of nitrogens with zero attached hydrogens (tertiary/aromatic N) is 1. The first kappa shape index (κ1) is 6.61. The molecule has 11 heavy (non-hydrogen) atoms. The third-order valence-electron chi connectivity index (χ3n) is 1.64. The van der Waals surface area contributed by atoms with E-state index in [0.29, 0.717) is 17.3 Å². The molecular weight excluding hydrogens is 164 g/mol. The lowest BCUT2D eigenvalue weighted by Crippen LogP contribution is -2.12. The maximum Gasteiger partial charge on any atom is 0.252 e. The first-order chi connectivity index (χ1) is 5.27. The molecule has 0 aliphatic carbocycles. The zero-order valence-corrected chi connectivity index (χ0v) is 6.35. The first-order valence-electron chi connectivity index (χ1n) is 3.20. The fourth-order valence-electron chi connectivity index (χ4n) is 1.08. The van der Waals surface area contributed by atoms with Crippen LogP contribution >= 0.6 is 11.6 Å². The molecule has 0 spiro atoms. The van der Waals surface area contributed by atoms with Gasteiger partial charge in [0.05, 0.1) is 0 Å². The Kier molecular flexibility index (Phi) is 1.32. The lowest BCUT2D eigenvalue weighted by atomic mass is 10.2. The van der Waals surface area contributed by atoms with Gasteiger partial charge in [-0.1, -0.05) is 11.6 Å². The maximum absolute atomic E-state index is 11.0. The van der Waals surface area contributed by atoms with Crippen molar-refractivity contribution in [2.45, 2.75) is 6.54 Å². The van der Waals surface area contributed by atoms with Gasteiger partial charge in [0.25, 0.3) is 5.91 Å². The molecule has 0 saturated carbocycles. The summed E-state index contributed by atoms with van der Waals surface area (Å²) in [4.78, 5) is 14.9. The summed E-state index contributed by atoms with van der Waals surface area (Å²) in [5.41, 5.74) is 1.56. The maximum atomic E-state index is 11.0. The highest BCUT2D eigenvalue weighted by atomic mass is 35.5. The van der Waals surface area contributed by atoms with Crippen LogP contribution in [0.2, 0.25) is 5.15 Å². The van der Waals surface area contributed by atoms with E-state index in [2.05, 4.69) is 10.3 Å². The summed E-state index contributed by atoms with van der Waals surface area (Å²) in [5.74, 6) is -0.0655. The van der Waals surface area contributed by atoms with E-state index in [0.717, 1.165) is 5.56 Å². The van der Waals surface area contributed by atoms with Crippen LogP contribution in [0.4, 0.5) is 0 Å². The minimum absolute atomic E-state index is 0.0655. The minimum atomic E-state index is -0.0655. The zero-order chi connectivity index (χ0) is 7.84. The number of fused-ring (bicyclic) bond motifs is 1. The van der Waals surface area contributed by atoms with Crippen LogP contribution < -0.4 is 5.32 Å². The molecule has 2 heterocycles. The first-order valence-corrected chi connectivity index (χ1v) is 3.58. The number of nitrogens with one attached hydrogen (secondary N) is 1. The second kappa shape index (κ2) is 2.20. The average molecular weight is 169 g/mol. The topological polar surface area (TPSA) is 42.0 Å². The van der Waals surface area contributed by atoms with E-state index in [1.165, 1.54) is 0 Å². The summed E-state index contributed by atoms with van der Waals surface area (Å²) in [5, 5.41) is 3.04. The largest absolute Gasteiger partial charge is 0.348 e. The lowest BCUT2D eigenvalue weighted by Gasteiger charge is -1.93. The summed E-state index contributed by atoms with van der Waals surface area (Å²) < 4.78 is 0. The standard InChI is InChI=1S/C7H5ClN2O/c8-6-1-5-4(2-9-6)3-10-7(5)11/h1-2H,3H2,(H,10,11). The van der Waals surface area contributed by atoms with Gasteiger partial charge in [0.1, 0.15) is 5.15 Å². The molecule has 0 radical (unpaired) electrons. The molecule has 0 atom stereocenters. The predicted molar refractivity (Wildman–Crippen MR) is 40.4 cm³/mol. The van der Waals surface area contributed by atoms with E-state index in [9.17, 15) is 4.79 Å². The van der Waals surface area contributed by atoms with Crippen molar-refractivity contribution in [3.8, 4) is 0 Å². The molecule has 56 valence electrons. The third-order valence-corrected chi connectivity index (χ3v) is 1.84. The second-order valence-electron chi connectivity index (χ2n) is 2.35. The van der Waals surface area contributed by atoms with E-state index in [1.54, 1.807) is 12.3 Å². The number of aromatic nitrogens is 1. The molecule has 0 saturated heterocycles. The Morgan fingerprint density at radius 1 is 1.64 bits per heavy atom. The number of hydrogen-bond acceptors (Lipinski definition) is 2. The average Bonchev–Trinajstić information content (AvgIpc) is 2.33. The summed E-state index contributed by atoms with van der Waals surface area (Å²) in [6, 6.07) is 1.58. The molecule has 0 bridgehead atoms. The lowest BCUT2D eigenvalue weighted by molar-refractivity contribution is 0.0965. The highest BCUT2D eigenvalue weighted by Crippen LogP contribution is 2.16. The van der Waals surface area contributed by atoms with Crippen LogP contribution in [0.25, 0.3) is 0 Å². The quantitative estimate of drug-likeness (QED) is 0.587. The third kappa shape index (κ3) is 0.973. The number of carbonyl (C=O) groups excluding carboxylic acids is 1. The summed E-state index contributed by atoms with van der Waals surface area (Å²) in [7, 11) is 0. The smallest absolute Gasteiger partial charge is 0.252 e. The number of amides is 1. The van der Waals surface area contributed by atoms with Crippen LogP contribution in [0.1, 0.15) is 15.9 Å².